The number of benzene rings is 1. The second-order valence-electron chi connectivity index (χ2n) is 2.09. The third-order valence-corrected chi connectivity index (χ3v) is 1.46. The molecule has 0 fully saturated rings. The molecular formula is C7H7ClN2O. The molecule has 0 amide bonds. The first-order valence-electron chi connectivity index (χ1n) is 3.00. The summed E-state index contributed by atoms with van der Waals surface area (Å²) in [5, 5.41) is 13.6. The monoisotopic (exact) mass is 170 g/mol. The van der Waals surface area contributed by atoms with E-state index >= 15 is 0 Å². The van der Waals surface area contributed by atoms with E-state index in [4.69, 9.17) is 5.21 Å². The van der Waals surface area contributed by atoms with Crippen molar-refractivity contribution in [3.63, 3.8) is 0 Å². The van der Waals surface area contributed by atoms with Crippen molar-refractivity contribution in [1.82, 2.24) is 9.94 Å². The third-order valence-electron chi connectivity index (χ3n) is 1.46. The number of nitrogens with zero attached hydrogens (tertiary/aromatic N) is 2. The lowest BCUT2D eigenvalue weighted by atomic mass is 10.3. The van der Waals surface area contributed by atoms with Crippen LogP contribution in [0.4, 0.5) is 0 Å². The van der Waals surface area contributed by atoms with Gasteiger partial charge in [-0.3, -0.25) is 0 Å². The fraction of sp³-hybridized carbons (Fsp3) is 0. The van der Waals surface area contributed by atoms with Gasteiger partial charge in [-0.2, -0.15) is 0 Å². The second-order valence-corrected chi connectivity index (χ2v) is 2.09. The Bertz CT molecular complexity index is 358. The van der Waals surface area contributed by atoms with E-state index < -0.39 is 0 Å². The molecule has 0 spiro atoms. The number of hydrogen-bond acceptors (Lipinski definition) is 2. The first kappa shape index (κ1) is 7.88. The lowest BCUT2D eigenvalue weighted by Crippen LogP contribution is -1.89. The van der Waals surface area contributed by atoms with Crippen LogP contribution in [-0.2, 0) is 0 Å². The van der Waals surface area contributed by atoms with Crippen molar-refractivity contribution in [3.05, 3.63) is 30.5 Å². The van der Waals surface area contributed by atoms with Gasteiger partial charge in [0.2, 0.25) is 0 Å². The molecule has 2 rings (SSSR count). The van der Waals surface area contributed by atoms with Gasteiger partial charge in [-0.25, -0.2) is 0 Å². The lowest BCUT2D eigenvalue weighted by Gasteiger charge is -1.88. The molecule has 0 radical (unpaired) electrons. The smallest absolute Gasteiger partial charge is 0.110 e. The van der Waals surface area contributed by atoms with Crippen molar-refractivity contribution in [2.45, 2.75) is 0 Å². The van der Waals surface area contributed by atoms with Gasteiger partial charge in [-0.05, 0) is 6.07 Å². The van der Waals surface area contributed by atoms with Gasteiger partial charge < -0.3 is 5.21 Å². The van der Waals surface area contributed by atoms with Crippen molar-refractivity contribution in [3.8, 4) is 0 Å². The zero-order chi connectivity index (χ0) is 6.97. The standard InChI is InChI=1S/C7H6N2O.ClH/c10-9-7-4-2-1-3-6(7)5-8-9;/h1-5,10H;1H. The molecule has 0 atom stereocenters. The van der Waals surface area contributed by atoms with Crippen molar-refractivity contribution < 1.29 is 5.21 Å². The van der Waals surface area contributed by atoms with E-state index in [1.165, 1.54) is 0 Å². The summed E-state index contributed by atoms with van der Waals surface area (Å²) in [5.41, 5.74) is 0.738. The van der Waals surface area contributed by atoms with Crippen LogP contribution in [0, 0.1) is 0 Å². The molecule has 0 saturated heterocycles. The van der Waals surface area contributed by atoms with Gasteiger partial charge in [0, 0.05) is 5.39 Å². The fourth-order valence-electron chi connectivity index (χ4n) is 0.958. The summed E-state index contributed by atoms with van der Waals surface area (Å²) < 4.78 is 0. The zero-order valence-electron chi connectivity index (χ0n) is 5.64. The number of halogens is 1. The summed E-state index contributed by atoms with van der Waals surface area (Å²) in [5.74, 6) is 0. The van der Waals surface area contributed by atoms with Gasteiger partial charge in [-0.15, -0.1) is 22.4 Å². The normalized spacial score (nSPS) is 9.45. The minimum atomic E-state index is 0. The topological polar surface area (TPSA) is 38.0 Å². The highest BCUT2D eigenvalue weighted by molar-refractivity contribution is 5.85. The Morgan fingerprint density at radius 2 is 2.00 bits per heavy atom. The van der Waals surface area contributed by atoms with Crippen molar-refractivity contribution in [2.75, 3.05) is 0 Å². The molecule has 1 aromatic heterocycles. The van der Waals surface area contributed by atoms with Crippen LogP contribution in [0.2, 0.25) is 0 Å². The molecule has 0 aliphatic carbocycles. The molecular weight excluding hydrogens is 164 g/mol. The predicted molar refractivity (Wildman–Crippen MR) is 44.2 cm³/mol. The average molecular weight is 171 g/mol. The largest absolute Gasteiger partial charge is 0.411 e. The van der Waals surface area contributed by atoms with Crippen LogP contribution in [0.25, 0.3) is 10.9 Å². The molecule has 0 bridgehead atoms. The highest BCUT2D eigenvalue weighted by Gasteiger charge is 1.96. The van der Waals surface area contributed by atoms with Gasteiger partial charge in [0.1, 0.15) is 5.52 Å². The van der Waals surface area contributed by atoms with E-state index in [0.717, 1.165) is 15.7 Å². The first-order chi connectivity index (χ1) is 4.88. The van der Waals surface area contributed by atoms with Crippen LogP contribution in [0.5, 0.6) is 0 Å². The van der Waals surface area contributed by atoms with Crippen molar-refractivity contribution in [1.29, 1.82) is 0 Å². The number of fused-ring (bicyclic) bond motifs is 1. The van der Waals surface area contributed by atoms with E-state index in [-0.39, 0.29) is 12.4 Å². The summed E-state index contributed by atoms with van der Waals surface area (Å²) >= 11 is 0. The Kier molecular flexibility index (Phi) is 2.01. The highest BCUT2D eigenvalue weighted by atomic mass is 35.5. The Hall–Kier alpha value is -1.22. The summed E-state index contributed by atoms with van der Waals surface area (Å²) in [7, 11) is 0. The minimum absolute atomic E-state index is 0. The van der Waals surface area contributed by atoms with E-state index in [1.54, 1.807) is 6.20 Å². The molecule has 1 aromatic carbocycles. The average Bonchev–Trinajstić information content (AvgIpc) is 2.34. The fourth-order valence-corrected chi connectivity index (χ4v) is 0.958. The maximum absolute atomic E-state index is 9.02. The summed E-state index contributed by atoms with van der Waals surface area (Å²) in [6.07, 6.45) is 1.62. The Labute approximate surface area is 69.6 Å². The van der Waals surface area contributed by atoms with Crippen LogP contribution in [-0.4, -0.2) is 15.2 Å². The summed E-state index contributed by atoms with van der Waals surface area (Å²) in [6, 6.07) is 7.47. The maximum atomic E-state index is 9.02. The summed E-state index contributed by atoms with van der Waals surface area (Å²) in [4.78, 5) is 0.870. The van der Waals surface area contributed by atoms with Crippen LogP contribution < -0.4 is 0 Å². The van der Waals surface area contributed by atoms with Crippen LogP contribution in [0.1, 0.15) is 0 Å². The molecule has 2 aromatic rings. The van der Waals surface area contributed by atoms with E-state index in [0.29, 0.717) is 0 Å². The Balaban J connectivity index is 0.000000605. The first-order valence-corrected chi connectivity index (χ1v) is 3.00. The van der Waals surface area contributed by atoms with Crippen LogP contribution >= 0.6 is 12.4 Å². The molecule has 3 nitrogen and oxygen atoms in total. The second kappa shape index (κ2) is 2.80. The quantitative estimate of drug-likeness (QED) is 0.611. The van der Waals surface area contributed by atoms with E-state index in [1.807, 2.05) is 24.3 Å². The van der Waals surface area contributed by atoms with Gasteiger partial charge in [0.15, 0.2) is 0 Å². The minimum Gasteiger partial charge on any atom is -0.411 e. The van der Waals surface area contributed by atoms with Gasteiger partial charge in [0.25, 0.3) is 0 Å². The number of hydrogen-bond donors (Lipinski definition) is 1. The number of aromatic nitrogens is 2. The van der Waals surface area contributed by atoms with E-state index in [9.17, 15) is 0 Å². The summed E-state index contributed by atoms with van der Waals surface area (Å²) in [6.45, 7) is 0. The molecule has 11 heavy (non-hydrogen) atoms. The maximum Gasteiger partial charge on any atom is 0.110 e. The van der Waals surface area contributed by atoms with Gasteiger partial charge >= 0.3 is 0 Å². The molecule has 0 aliphatic rings. The zero-order valence-corrected chi connectivity index (χ0v) is 6.45. The predicted octanol–water partition coefficient (Wildman–Crippen LogP) is 1.70. The number of para-hydroxylation sites is 1. The third kappa shape index (κ3) is 1.14. The van der Waals surface area contributed by atoms with Crippen molar-refractivity contribution >= 4 is 23.3 Å². The van der Waals surface area contributed by atoms with E-state index in [2.05, 4.69) is 5.10 Å². The molecule has 0 aliphatic heterocycles. The van der Waals surface area contributed by atoms with Crippen LogP contribution in [0.15, 0.2) is 30.5 Å². The highest BCUT2D eigenvalue weighted by Crippen LogP contribution is 2.09. The molecule has 1 N–H and O–H groups in total. The lowest BCUT2D eigenvalue weighted by molar-refractivity contribution is 0.161. The molecule has 0 saturated carbocycles. The molecule has 0 unspecified atom stereocenters. The molecule has 4 heteroatoms. The van der Waals surface area contributed by atoms with Crippen LogP contribution in [0.3, 0.4) is 0 Å². The molecule has 58 valence electrons. The van der Waals surface area contributed by atoms with Gasteiger partial charge in [0.05, 0.1) is 6.20 Å². The number of rotatable bonds is 0. The Morgan fingerprint density at radius 3 is 2.73 bits per heavy atom. The van der Waals surface area contributed by atoms with Gasteiger partial charge in [-0.1, -0.05) is 18.2 Å². The molecule has 1 heterocycles. The SMILES string of the molecule is Cl.On1ncc2ccccc21. The van der Waals surface area contributed by atoms with Crippen molar-refractivity contribution in [2.24, 2.45) is 0 Å². The Morgan fingerprint density at radius 1 is 1.27 bits per heavy atom.